The third-order valence-electron chi connectivity index (χ3n) is 6.49. The monoisotopic (exact) mass is 497 g/mol. The normalized spacial score (nSPS) is 22.0. The van der Waals surface area contributed by atoms with Crippen LogP contribution in [0.2, 0.25) is 0 Å². The predicted molar refractivity (Wildman–Crippen MR) is 125 cm³/mol. The van der Waals surface area contributed by atoms with E-state index in [2.05, 4.69) is 25.5 Å². The molecular formula is C24H31F4N5O2. The number of ether oxygens (including phenoxy) is 2. The van der Waals surface area contributed by atoms with Crippen LogP contribution in [0.1, 0.15) is 32.6 Å². The largest absolute Gasteiger partial charge is 0.475 e. The zero-order valence-corrected chi connectivity index (χ0v) is 19.7. The van der Waals surface area contributed by atoms with Crippen LogP contribution < -0.4 is 20.3 Å². The zero-order valence-electron chi connectivity index (χ0n) is 19.7. The van der Waals surface area contributed by atoms with Crippen LogP contribution in [0.5, 0.6) is 5.88 Å². The summed E-state index contributed by atoms with van der Waals surface area (Å²) in [6.07, 6.45) is -0.542. The highest BCUT2D eigenvalue weighted by Gasteiger charge is 2.37. The Morgan fingerprint density at radius 1 is 1.11 bits per heavy atom. The van der Waals surface area contributed by atoms with Crippen LogP contribution in [-0.4, -0.2) is 61.1 Å². The quantitative estimate of drug-likeness (QED) is 0.514. The number of halogens is 4. The number of benzene rings is 1. The molecule has 4 rings (SSSR count). The first-order chi connectivity index (χ1) is 16.8. The fourth-order valence-corrected chi connectivity index (χ4v) is 4.36. The standard InChI is InChI=1S/C24H31F4N5O2/c1-16(24(26,27)28)30-18-4-2-17(3-5-18)15-35-22-21(25)14-29-23(32-22)31-19-6-8-20(9-7-19)33-10-12-34-13-11-33/h6-9,14,16-18,30H,2-5,10-13,15H2,1H3,(H,29,31,32)/t16?,17-,18-. The number of alkyl halides is 3. The molecule has 7 nitrogen and oxygen atoms in total. The Bertz CT molecular complexity index is 946. The molecule has 35 heavy (non-hydrogen) atoms. The van der Waals surface area contributed by atoms with Crippen molar-refractivity contribution in [3.05, 3.63) is 36.3 Å². The molecule has 2 fully saturated rings. The average molecular weight is 498 g/mol. The molecule has 1 aromatic heterocycles. The minimum absolute atomic E-state index is 0.132. The lowest BCUT2D eigenvalue weighted by Gasteiger charge is -2.31. The summed E-state index contributed by atoms with van der Waals surface area (Å²) in [7, 11) is 0. The predicted octanol–water partition coefficient (Wildman–Crippen LogP) is 4.67. The highest BCUT2D eigenvalue weighted by Crippen LogP contribution is 2.28. The highest BCUT2D eigenvalue weighted by molar-refractivity contribution is 5.59. The summed E-state index contributed by atoms with van der Waals surface area (Å²) < 4.78 is 63.5. The molecule has 2 aromatic rings. The molecule has 2 aliphatic rings. The fourth-order valence-electron chi connectivity index (χ4n) is 4.36. The van der Waals surface area contributed by atoms with Crippen molar-refractivity contribution in [2.45, 2.75) is 50.9 Å². The maximum atomic E-state index is 14.2. The first kappa shape index (κ1) is 25.4. The molecule has 0 amide bonds. The molecular weight excluding hydrogens is 466 g/mol. The Kier molecular flexibility index (Phi) is 8.27. The van der Waals surface area contributed by atoms with Gasteiger partial charge in [0.15, 0.2) is 0 Å². The molecule has 0 spiro atoms. The lowest BCUT2D eigenvalue weighted by Crippen LogP contribution is -2.46. The average Bonchev–Trinajstić information content (AvgIpc) is 2.85. The number of rotatable bonds is 8. The Morgan fingerprint density at radius 3 is 2.46 bits per heavy atom. The van der Waals surface area contributed by atoms with Gasteiger partial charge in [-0.2, -0.15) is 22.5 Å². The maximum Gasteiger partial charge on any atom is 0.403 e. The zero-order chi connectivity index (χ0) is 24.8. The summed E-state index contributed by atoms with van der Waals surface area (Å²) in [6.45, 7) is 4.50. The minimum atomic E-state index is -4.25. The molecule has 1 saturated carbocycles. The fraction of sp³-hybridized carbons (Fsp3) is 0.583. The Hall–Kier alpha value is -2.66. The molecule has 1 saturated heterocycles. The number of anilines is 3. The molecule has 2 heterocycles. The van der Waals surface area contributed by atoms with E-state index in [1.807, 2.05) is 24.3 Å². The van der Waals surface area contributed by atoms with Crippen LogP contribution >= 0.6 is 0 Å². The van der Waals surface area contributed by atoms with Gasteiger partial charge in [-0.15, -0.1) is 0 Å². The molecule has 2 N–H and O–H groups in total. The van der Waals surface area contributed by atoms with Gasteiger partial charge in [0.1, 0.15) is 6.04 Å². The van der Waals surface area contributed by atoms with E-state index in [1.165, 1.54) is 0 Å². The molecule has 1 aliphatic carbocycles. The second-order valence-corrected chi connectivity index (χ2v) is 9.08. The smallest absolute Gasteiger partial charge is 0.403 e. The summed E-state index contributed by atoms with van der Waals surface area (Å²) >= 11 is 0. The highest BCUT2D eigenvalue weighted by atomic mass is 19.4. The lowest BCUT2D eigenvalue weighted by atomic mass is 9.86. The number of nitrogens with one attached hydrogen (secondary N) is 2. The van der Waals surface area contributed by atoms with Gasteiger partial charge in [0, 0.05) is 30.5 Å². The van der Waals surface area contributed by atoms with Gasteiger partial charge in [0.2, 0.25) is 11.8 Å². The van der Waals surface area contributed by atoms with Crippen molar-refractivity contribution in [1.29, 1.82) is 0 Å². The van der Waals surface area contributed by atoms with Gasteiger partial charge in [-0.3, -0.25) is 0 Å². The number of hydrogen-bond donors (Lipinski definition) is 2. The number of morpholine rings is 1. The van der Waals surface area contributed by atoms with Gasteiger partial charge in [-0.25, -0.2) is 4.98 Å². The summed E-state index contributed by atoms with van der Waals surface area (Å²) in [5, 5.41) is 5.72. The third kappa shape index (κ3) is 7.17. The molecule has 1 aromatic carbocycles. The van der Waals surface area contributed by atoms with Gasteiger partial charge in [-0.1, -0.05) is 0 Å². The summed E-state index contributed by atoms with van der Waals surface area (Å²) in [4.78, 5) is 10.4. The molecule has 1 atom stereocenters. The Labute approximate surface area is 202 Å². The molecule has 11 heteroatoms. The summed E-state index contributed by atoms with van der Waals surface area (Å²) in [5.74, 6) is -0.451. The Morgan fingerprint density at radius 2 is 1.80 bits per heavy atom. The van der Waals surface area contributed by atoms with Crippen molar-refractivity contribution in [2.24, 2.45) is 5.92 Å². The molecule has 0 bridgehead atoms. The van der Waals surface area contributed by atoms with E-state index in [9.17, 15) is 17.6 Å². The van der Waals surface area contributed by atoms with Gasteiger partial charge in [0.05, 0.1) is 26.0 Å². The Balaban J connectivity index is 1.26. The van der Waals surface area contributed by atoms with E-state index >= 15 is 0 Å². The van der Waals surface area contributed by atoms with Crippen molar-refractivity contribution in [3.8, 4) is 5.88 Å². The molecule has 1 unspecified atom stereocenters. The van der Waals surface area contributed by atoms with Gasteiger partial charge in [0.25, 0.3) is 5.88 Å². The SMILES string of the molecule is CC(N[C@H]1CC[C@H](COc2nc(Nc3ccc(N4CCOCC4)cc3)ncc2F)CC1)C(F)(F)F. The van der Waals surface area contributed by atoms with E-state index in [-0.39, 0.29) is 30.4 Å². The second kappa shape index (κ2) is 11.4. The number of nitrogens with zero attached hydrogens (tertiary/aromatic N) is 3. The van der Waals surface area contributed by atoms with Crippen LogP contribution in [0, 0.1) is 11.7 Å². The first-order valence-corrected chi connectivity index (χ1v) is 12.0. The minimum Gasteiger partial charge on any atom is -0.475 e. The van der Waals surface area contributed by atoms with Crippen LogP contribution in [0.4, 0.5) is 34.9 Å². The molecule has 1 aliphatic heterocycles. The van der Waals surface area contributed by atoms with Crippen molar-refractivity contribution in [3.63, 3.8) is 0 Å². The van der Waals surface area contributed by atoms with Gasteiger partial charge < -0.3 is 25.0 Å². The maximum absolute atomic E-state index is 14.2. The van der Waals surface area contributed by atoms with Crippen LogP contribution in [-0.2, 0) is 4.74 Å². The second-order valence-electron chi connectivity index (χ2n) is 9.08. The third-order valence-corrected chi connectivity index (χ3v) is 6.49. The van der Waals surface area contributed by atoms with Crippen LogP contribution in [0.3, 0.4) is 0 Å². The van der Waals surface area contributed by atoms with Crippen LogP contribution in [0.25, 0.3) is 0 Å². The van der Waals surface area contributed by atoms with E-state index in [1.54, 1.807) is 0 Å². The first-order valence-electron chi connectivity index (χ1n) is 12.0. The van der Waals surface area contributed by atoms with Crippen molar-refractivity contribution in [1.82, 2.24) is 15.3 Å². The topological polar surface area (TPSA) is 71.5 Å². The summed E-state index contributed by atoms with van der Waals surface area (Å²) in [6, 6.07) is 6.10. The molecule has 0 radical (unpaired) electrons. The van der Waals surface area contributed by atoms with Gasteiger partial charge in [-0.05, 0) is 62.8 Å². The summed E-state index contributed by atoms with van der Waals surface area (Å²) in [5.41, 5.74) is 1.86. The van der Waals surface area contributed by atoms with Crippen molar-refractivity contribution in [2.75, 3.05) is 43.1 Å². The van der Waals surface area contributed by atoms with Crippen molar-refractivity contribution < 1.29 is 27.0 Å². The molecule has 192 valence electrons. The van der Waals surface area contributed by atoms with E-state index in [4.69, 9.17) is 9.47 Å². The van der Waals surface area contributed by atoms with E-state index in [0.717, 1.165) is 37.6 Å². The number of aromatic nitrogens is 2. The van der Waals surface area contributed by atoms with Crippen LogP contribution in [0.15, 0.2) is 30.5 Å². The van der Waals surface area contributed by atoms with E-state index < -0.39 is 18.0 Å². The lowest BCUT2D eigenvalue weighted by molar-refractivity contribution is -0.154. The van der Waals surface area contributed by atoms with E-state index in [0.29, 0.717) is 38.9 Å². The number of hydrogen-bond acceptors (Lipinski definition) is 7. The van der Waals surface area contributed by atoms with Gasteiger partial charge >= 0.3 is 6.18 Å². The van der Waals surface area contributed by atoms with Crippen molar-refractivity contribution >= 4 is 17.3 Å².